The van der Waals surface area contributed by atoms with Crippen molar-refractivity contribution >= 4 is 5.97 Å². The smallest absolute Gasteiger partial charge is 0.289 e. The Balaban J connectivity index is 2.72. The predicted octanol–water partition coefficient (Wildman–Crippen LogP) is 1.11. The molecule has 0 saturated heterocycles. The largest absolute Gasteiger partial charge is 0.371 e. The van der Waals surface area contributed by atoms with Crippen molar-refractivity contribution in [1.82, 2.24) is 5.23 Å². The summed E-state index contributed by atoms with van der Waals surface area (Å²) in [5.74, 6) is -1.36. The van der Waals surface area contributed by atoms with Crippen LogP contribution in [0.4, 0.5) is 4.53 Å². The Morgan fingerprint density at radius 2 is 2.00 bits per heavy atom. The molecule has 0 radical (unpaired) electrons. The standard InChI is InChI=1S/C9H10FNO4/c10-15-9(12)8(11(13)14)6-7-4-2-1-3-5-7/h1-5,8,13-14H,6H2/t8-/m0/s1. The van der Waals surface area contributed by atoms with Crippen molar-refractivity contribution in [2.24, 2.45) is 0 Å². The molecule has 0 aliphatic rings. The van der Waals surface area contributed by atoms with Crippen molar-refractivity contribution in [2.75, 3.05) is 0 Å². The number of nitrogens with zero attached hydrogens (tertiary/aromatic N) is 1. The van der Waals surface area contributed by atoms with Crippen LogP contribution >= 0.6 is 0 Å². The first-order valence-electron chi connectivity index (χ1n) is 4.18. The molecule has 15 heavy (non-hydrogen) atoms. The fourth-order valence-corrected chi connectivity index (χ4v) is 1.15. The Kier molecular flexibility index (Phi) is 4.17. The molecule has 5 nitrogen and oxygen atoms in total. The third-order valence-electron chi connectivity index (χ3n) is 1.90. The molecule has 1 atom stereocenters. The van der Waals surface area contributed by atoms with Gasteiger partial charge in [-0.15, -0.1) is 0 Å². The number of halogens is 1. The molecule has 6 heteroatoms. The number of hydrogen-bond donors (Lipinski definition) is 2. The minimum absolute atomic E-state index is 0.0589. The maximum Gasteiger partial charge on any atom is 0.371 e. The van der Waals surface area contributed by atoms with E-state index in [9.17, 15) is 9.32 Å². The normalized spacial score (nSPS) is 12.5. The lowest BCUT2D eigenvalue weighted by Crippen LogP contribution is -2.38. The number of hydroxylamine groups is 2. The summed E-state index contributed by atoms with van der Waals surface area (Å²) < 4.78 is 11.6. The fourth-order valence-electron chi connectivity index (χ4n) is 1.15. The molecule has 1 aromatic rings. The SMILES string of the molecule is O=C(OF)[C@H](Cc1ccccc1)N(O)O. The number of hydrogen-bond acceptors (Lipinski definition) is 5. The molecule has 1 rings (SSSR count). The van der Waals surface area contributed by atoms with Gasteiger partial charge in [0, 0.05) is 10.9 Å². The zero-order chi connectivity index (χ0) is 11.3. The Hall–Kier alpha value is -1.50. The number of rotatable bonds is 4. The van der Waals surface area contributed by atoms with Crippen molar-refractivity contribution in [3.63, 3.8) is 0 Å². The lowest BCUT2D eigenvalue weighted by Gasteiger charge is -2.16. The summed E-state index contributed by atoms with van der Waals surface area (Å²) in [6, 6.07) is 7.06. The van der Waals surface area contributed by atoms with E-state index >= 15 is 0 Å². The van der Waals surface area contributed by atoms with E-state index in [0.717, 1.165) is 0 Å². The van der Waals surface area contributed by atoms with Gasteiger partial charge in [0.2, 0.25) is 0 Å². The van der Waals surface area contributed by atoms with E-state index < -0.39 is 12.0 Å². The molecule has 2 N–H and O–H groups in total. The van der Waals surface area contributed by atoms with E-state index in [1.807, 2.05) is 0 Å². The van der Waals surface area contributed by atoms with Gasteiger partial charge in [0.05, 0.1) is 0 Å². The van der Waals surface area contributed by atoms with Gasteiger partial charge in [-0.1, -0.05) is 35.6 Å². The molecular weight excluding hydrogens is 205 g/mol. The minimum Gasteiger partial charge on any atom is -0.289 e. The monoisotopic (exact) mass is 215 g/mol. The zero-order valence-corrected chi connectivity index (χ0v) is 7.71. The van der Waals surface area contributed by atoms with Crippen LogP contribution in [0.25, 0.3) is 0 Å². The van der Waals surface area contributed by atoms with Gasteiger partial charge in [0.1, 0.15) is 0 Å². The summed E-state index contributed by atoms with van der Waals surface area (Å²) in [5.41, 5.74) is 0.654. The molecule has 0 heterocycles. The molecule has 0 saturated carbocycles. The van der Waals surface area contributed by atoms with Crippen LogP contribution in [0, 0.1) is 0 Å². The molecular formula is C9H10FNO4. The third kappa shape index (κ3) is 3.28. The molecule has 0 aliphatic carbocycles. The molecule has 0 unspecified atom stereocenters. The van der Waals surface area contributed by atoms with E-state index in [1.165, 1.54) is 0 Å². The number of carbonyl (C=O) groups is 1. The van der Waals surface area contributed by atoms with Gasteiger partial charge in [-0.3, -0.25) is 15.4 Å². The predicted molar refractivity (Wildman–Crippen MR) is 46.5 cm³/mol. The van der Waals surface area contributed by atoms with Crippen molar-refractivity contribution in [2.45, 2.75) is 12.5 Å². The Bertz CT molecular complexity index is 317. The van der Waals surface area contributed by atoms with E-state index in [1.54, 1.807) is 30.3 Å². The van der Waals surface area contributed by atoms with Gasteiger partial charge in [-0.2, -0.15) is 0 Å². The molecule has 0 aromatic heterocycles. The van der Waals surface area contributed by atoms with Crippen molar-refractivity contribution in [3.05, 3.63) is 35.9 Å². The molecule has 82 valence electrons. The van der Waals surface area contributed by atoms with E-state index in [4.69, 9.17) is 10.4 Å². The van der Waals surface area contributed by atoms with Crippen LogP contribution in [0.3, 0.4) is 0 Å². The second-order valence-electron chi connectivity index (χ2n) is 2.92. The molecule has 0 amide bonds. The Morgan fingerprint density at radius 3 is 2.47 bits per heavy atom. The molecule has 1 aromatic carbocycles. The summed E-state index contributed by atoms with van der Waals surface area (Å²) in [6.07, 6.45) is -0.0589. The molecule has 0 fully saturated rings. The van der Waals surface area contributed by atoms with Crippen LogP contribution < -0.4 is 0 Å². The third-order valence-corrected chi connectivity index (χ3v) is 1.90. The molecule has 0 spiro atoms. The minimum atomic E-state index is -1.47. The van der Waals surface area contributed by atoms with E-state index in [0.29, 0.717) is 5.56 Å². The van der Waals surface area contributed by atoms with Gasteiger partial charge in [0.25, 0.3) is 0 Å². The first kappa shape index (κ1) is 11.6. The molecule has 0 aliphatic heterocycles. The topological polar surface area (TPSA) is 70.0 Å². The van der Waals surface area contributed by atoms with Gasteiger partial charge < -0.3 is 0 Å². The average molecular weight is 215 g/mol. The van der Waals surface area contributed by atoms with Crippen LogP contribution in [0.1, 0.15) is 5.56 Å². The van der Waals surface area contributed by atoms with Crippen LogP contribution in [-0.2, 0) is 16.2 Å². The van der Waals surface area contributed by atoms with Gasteiger partial charge >= 0.3 is 5.97 Å². The lowest BCUT2D eigenvalue weighted by atomic mass is 10.1. The Labute approximate surface area is 85.1 Å². The highest BCUT2D eigenvalue weighted by atomic mass is 19.3. The first-order valence-corrected chi connectivity index (χ1v) is 4.18. The zero-order valence-electron chi connectivity index (χ0n) is 7.71. The van der Waals surface area contributed by atoms with Crippen LogP contribution in [-0.4, -0.2) is 27.7 Å². The highest BCUT2D eigenvalue weighted by molar-refractivity contribution is 5.75. The summed E-state index contributed by atoms with van der Waals surface area (Å²) in [6.45, 7) is 0. The average Bonchev–Trinajstić information content (AvgIpc) is 2.26. The highest BCUT2D eigenvalue weighted by Crippen LogP contribution is 2.08. The fraction of sp³-hybridized carbons (Fsp3) is 0.222. The van der Waals surface area contributed by atoms with Gasteiger partial charge in [0.15, 0.2) is 6.04 Å². The van der Waals surface area contributed by atoms with Crippen LogP contribution in [0.15, 0.2) is 30.3 Å². The first-order chi connectivity index (χ1) is 7.15. The lowest BCUT2D eigenvalue weighted by molar-refractivity contribution is -0.331. The van der Waals surface area contributed by atoms with Crippen molar-refractivity contribution in [3.8, 4) is 0 Å². The number of benzene rings is 1. The summed E-state index contributed by atoms with van der Waals surface area (Å²) in [4.78, 5) is 13.7. The molecule has 0 bridgehead atoms. The maximum absolute atomic E-state index is 11.6. The van der Waals surface area contributed by atoms with E-state index in [2.05, 4.69) is 4.94 Å². The Morgan fingerprint density at radius 1 is 1.40 bits per heavy atom. The number of carbonyl (C=O) groups excluding carboxylic acids is 1. The quantitative estimate of drug-likeness (QED) is 0.736. The second kappa shape index (κ2) is 5.40. The second-order valence-corrected chi connectivity index (χ2v) is 2.92. The van der Waals surface area contributed by atoms with Gasteiger partial charge in [-0.05, 0) is 5.56 Å². The van der Waals surface area contributed by atoms with E-state index in [-0.39, 0.29) is 11.6 Å². The van der Waals surface area contributed by atoms with Crippen molar-refractivity contribution < 1.29 is 24.7 Å². The van der Waals surface area contributed by atoms with Crippen LogP contribution in [0.2, 0.25) is 0 Å². The van der Waals surface area contributed by atoms with Crippen LogP contribution in [0.5, 0.6) is 0 Å². The summed E-state index contributed by atoms with van der Waals surface area (Å²) in [5, 5.41) is 17.0. The highest BCUT2D eigenvalue weighted by Gasteiger charge is 2.27. The maximum atomic E-state index is 11.6. The van der Waals surface area contributed by atoms with Gasteiger partial charge in [-0.25, -0.2) is 4.79 Å². The summed E-state index contributed by atoms with van der Waals surface area (Å²) in [7, 11) is 0. The summed E-state index contributed by atoms with van der Waals surface area (Å²) >= 11 is 0. The van der Waals surface area contributed by atoms with Crippen molar-refractivity contribution in [1.29, 1.82) is 0 Å².